The van der Waals surface area contributed by atoms with Crippen molar-refractivity contribution in [3.8, 4) is 0 Å². The Labute approximate surface area is 172 Å². The first kappa shape index (κ1) is 20.1. The molecule has 4 rings (SSSR count). The molecule has 3 heterocycles. The number of piperidine rings is 1. The van der Waals surface area contributed by atoms with E-state index in [9.17, 15) is 9.59 Å². The zero-order valence-corrected chi connectivity index (χ0v) is 17.4. The summed E-state index contributed by atoms with van der Waals surface area (Å²) in [6.07, 6.45) is 11.1. The van der Waals surface area contributed by atoms with Gasteiger partial charge in [0.2, 0.25) is 0 Å². The Hall–Kier alpha value is -2.21. The number of pyridine rings is 2. The molecule has 0 bridgehead atoms. The predicted octanol–water partition coefficient (Wildman–Crippen LogP) is 3.76. The van der Waals surface area contributed by atoms with Crippen LogP contribution in [0.1, 0.15) is 75.8 Å². The van der Waals surface area contributed by atoms with Crippen LogP contribution in [0.3, 0.4) is 0 Å². The third-order valence-electron chi connectivity index (χ3n) is 6.48. The number of nitrogens with one attached hydrogen (secondary N) is 2. The molecule has 1 saturated carbocycles. The number of Topliss-reactive ketones (excluding diaryl/α,β-unsaturated/α-hetero) is 1. The van der Waals surface area contributed by atoms with E-state index in [1.807, 2.05) is 10.6 Å². The smallest absolute Gasteiger partial charge is 0.260 e. The number of anilines is 1. The van der Waals surface area contributed by atoms with Crippen LogP contribution in [-0.2, 0) is 4.79 Å². The second-order valence-electron chi connectivity index (χ2n) is 8.49. The highest BCUT2D eigenvalue weighted by Gasteiger charge is 2.25. The molecule has 0 unspecified atom stereocenters. The quantitative estimate of drug-likeness (QED) is 0.727. The van der Waals surface area contributed by atoms with Gasteiger partial charge in [-0.1, -0.05) is 13.3 Å². The van der Waals surface area contributed by atoms with Crippen LogP contribution in [0.15, 0.2) is 23.3 Å². The molecule has 1 aliphatic heterocycles. The Morgan fingerprint density at radius 1 is 1.14 bits per heavy atom. The highest BCUT2D eigenvalue weighted by atomic mass is 16.1. The molecule has 0 aromatic carbocycles. The molecule has 29 heavy (non-hydrogen) atoms. The van der Waals surface area contributed by atoms with E-state index in [4.69, 9.17) is 0 Å². The van der Waals surface area contributed by atoms with Crippen molar-refractivity contribution in [3.63, 3.8) is 0 Å². The van der Waals surface area contributed by atoms with E-state index in [1.54, 1.807) is 6.20 Å². The first-order chi connectivity index (χ1) is 14.2. The molecule has 1 aliphatic carbocycles. The lowest BCUT2D eigenvalue weighted by Gasteiger charge is -2.28. The lowest BCUT2D eigenvalue weighted by Crippen LogP contribution is -2.34. The Kier molecular flexibility index (Phi) is 6.28. The third kappa shape index (κ3) is 4.37. The number of unbranched alkanes of at least 4 members (excludes halogenated alkanes) is 1. The van der Waals surface area contributed by atoms with Gasteiger partial charge in [-0.05, 0) is 68.1 Å². The summed E-state index contributed by atoms with van der Waals surface area (Å²) in [6, 6.07) is 2.28. The highest BCUT2D eigenvalue weighted by molar-refractivity contribution is 5.87. The summed E-state index contributed by atoms with van der Waals surface area (Å²) in [4.78, 5) is 29.6. The molecule has 156 valence electrons. The van der Waals surface area contributed by atoms with E-state index in [0.717, 1.165) is 69.4 Å². The van der Waals surface area contributed by atoms with Gasteiger partial charge in [0.15, 0.2) is 0 Å². The van der Waals surface area contributed by atoms with Crippen LogP contribution in [0.5, 0.6) is 0 Å². The summed E-state index contributed by atoms with van der Waals surface area (Å²) in [5, 5.41) is 8.49. The van der Waals surface area contributed by atoms with E-state index in [1.165, 1.54) is 5.56 Å². The average Bonchev–Trinajstić information content (AvgIpc) is 2.76. The van der Waals surface area contributed by atoms with Gasteiger partial charge >= 0.3 is 0 Å². The summed E-state index contributed by atoms with van der Waals surface area (Å²) in [6.45, 7) is 4.94. The van der Waals surface area contributed by atoms with Gasteiger partial charge in [-0.2, -0.15) is 0 Å². The lowest BCUT2D eigenvalue weighted by molar-refractivity contribution is -0.120. The lowest BCUT2D eigenvalue weighted by atomic mass is 9.82. The summed E-state index contributed by atoms with van der Waals surface area (Å²) in [5.74, 6) is 1.52. The van der Waals surface area contributed by atoms with Crippen LogP contribution in [0.4, 0.5) is 5.82 Å². The molecule has 2 aromatic heterocycles. The zero-order chi connectivity index (χ0) is 20.2. The number of nitrogens with zero attached hydrogens (tertiary/aromatic N) is 2. The fraction of sp³-hybridized carbons (Fsp3) is 0.609. The van der Waals surface area contributed by atoms with Crippen molar-refractivity contribution in [3.05, 3.63) is 34.4 Å². The molecular weight excluding hydrogens is 364 g/mol. The van der Waals surface area contributed by atoms with Crippen molar-refractivity contribution in [2.45, 2.75) is 70.3 Å². The molecule has 0 spiro atoms. The number of hydrogen-bond donors (Lipinski definition) is 2. The minimum absolute atomic E-state index is 0.0649. The summed E-state index contributed by atoms with van der Waals surface area (Å²) in [5.41, 5.74) is 1.28. The first-order valence-corrected chi connectivity index (χ1v) is 11.2. The topological polar surface area (TPSA) is 76.0 Å². The normalized spacial score (nSPS) is 19.0. The summed E-state index contributed by atoms with van der Waals surface area (Å²) < 4.78 is 1.96. The van der Waals surface area contributed by atoms with Gasteiger partial charge in [0.05, 0.1) is 5.39 Å². The van der Waals surface area contributed by atoms with Crippen molar-refractivity contribution in [1.29, 1.82) is 0 Å². The molecule has 2 N–H and O–H groups in total. The number of aromatic nitrogens is 2. The maximum absolute atomic E-state index is 13.3. The van der Waals surface area contributed by atoms with Gasteiger partial charge in [-0.15, -0.1) is 0 Å². The summed E-state index contributed by atoms with van der Waals surface area (Å²) in [7, 11) is 0. The van der Waals surface area contributed by atoms with Crippen LogP contribution in [0, 0.1) is 0 Å². The molecular formula is C23H32N4O2. The van der Waals surface area contributed by atoms with Crippen LogP contribution in [0.2, 0.25) is 0 Å². The average molecular weight is 397 g/mol. The number of ketones is 1. The second-order valence-corrected chi connectivity index (χ2v) is 8.49. The number of rotatable bonds is 6. The van der Waals surface area contributed by atoms with Crippen LogP contribution >= 0.6 is 0 Å². The van der Waals surface area contributed by atoms with E-state index in [-0.39, 0.29) is 11.6 Å². The minimum atomic E-state index is 0.0649. The Balaban J connectivity index is 1.78. The van der Waals surface area contributed by atoms with Gasteiger partial charge in [0.25, 0.3) is 5.56 Å². The maximum Gasteiger partial charge on any atom is 0.260 e. The number of fused-ring (bicyclic) bond motifs is 1. The fourth-order valence-corrected chi connectivity index (χ4v) is 4.70. The number of carbonyl (C=O) groups is 1. The first-order valence-electron chi connectivity index (χ1n) is 11.2. The number of carbonyl (C=O) groups excluding carboxylic acids is 1. The SMILES string of the molecule is CCCCNc1cc2c(C3CCC(=O)CC3)cn(C3CCNCC3)c(=O)c2cn1. The molecule has 2 aromatic rings. The van der Waals surface area contributed by atoms with Crippen LogP contribution in [-0.4, -0.2) is 35.0 Å². The molecule has 0 amide bonds. The van der Waals surface area contributed by atoms with Gasteiger partial charge in [-0.3, -0.25) is 9.59 Å². The van der Waals surface area contributed by atoms with Crippen molar-refractivity contribution < 1.29 is 4.79 Å². The standard InChI is InChI=1S/C23H32N4O2/c1-2-3-10-25-22-13-19-20(14-26-22)23(29)27(17-8-11-24-12-9-17)15-21(19)16-4-6-18(28)7-5-16/h13-17,24H,2-12H2,1H3,(H,25,26). The van der Waals surface area contributed by atoms with Crippen LogP contribution in [0.25, 0.3) is 10.8 Å². The van der Waals surface area contributed by atoms with E-state index >= 15 is 0 Å². The van der Waals surface area contributed by atoms with Crippen molar-refractivity contribution in [2.75, 3.05) is 25.0 Å². The highest BCUT2D eigenvalue weighted by Crippen LogP contribution is 2.36. The Morgan fingerprint density at radius 2 is 1.90 bits per heavy atom. The van der Waals surface area contributed by atoms with Gasteiger partial charge in [0, 0.05) is 37.8 Å². The molecule has 6 heteroatoms. The molecule has 1 saturated heterocycles. The van der Waals surface area contributed by atoms with Gasteiger partial charge in [0.1, 0.15) is 11.6 Å². The molecule has 0 atom stereocenters. The van der Waals surface area contributed by atoms with Crippen LogP contribution < -0.4 is 16.2 Å². The van der Waals surface area contributed by atoms with E-state index < -0.39 is 0 Å². The van der Waals surface area contributed by atoms with Crippen molar-refractivity contribution in [1.82, 2.24) is 14.9 Å². The van der Waals surface area contributed by atoms with Crippen molar-refractivity contribution in [2.24, 2.45) is 0 Å². The molecule has 6 nitrogen and oxygen atoms in total. The third-order valence-corrected chi connectivity index (χ3v) is 6.48. The predicted molar refractivity (Wildman–Crippen MR) is 117 cm³/mol. The molecule has 2 fully saturated rings. The molecule has 2 aliphatic rings. The number of hydrogen-bond acceptors (Lipinski definition) is 5. The van der Waals surface area contributed by atoms with E-state index in [0.29, 0.717) is 29.9 Å². The minimum Gasteiger partial charge on any atom is -0.370 e. The van der Waals surface area contributed by atoms with Gasteiger partial charge in [-0.25, -0.2) is 4.98 Å². The largest absolute Gasteiger partial charge is 0.370 e. The second kappa shape index (κ2) is 9.08. The monoisotopic (exact) mass is 396 g/mol. The summed E-state index contributed by atoms with van der Waals surface area (Å²) >= 11 is 0. The zero-order valence-electron chi connectivity index (χ0n) is 17.4. The van der Waals surface area contributed by atoms with Crippen molar-refractivity contribution >= 4 is 22.4 Å². The van der Waals surface area contributed by atoms with Gasteiger partial charge < -0.3 is 15.2 Å². The molecule has 0 radical (unpaired) electrons. The van der Waals surface area contributed by atoms with E-state index in [2.05, 4.69) is 28.7 Å². The Bertz CT molecular complexity index is 920. The fourth-order valence-electron chi connectivity index (χ4n) is 4.70. The maximum atomic E-state index is 13.3. The Morgan fingerprint density at radius 3 is 2.62 bits per heavy atom.